The number of amides is 2. The fraction of sp³-hybridized carbons (Fsp3) is 0.333. The molecular weight excluding hydrogens is 354 g/mol. The number of hydrogen-bond donors (Lipinski definition) is 2. The lowest BCUT2D eigenvalue weighted by atomic mass is 10.1. The van der Waals surface area contributed by atoms with E-state index in [4.69, 9.17) is 4.98 Å². The van der Waals surface area contributed by atoms with Crippen molar-refractivity contribution in [1.29, 1.82) is 0 Å². The first-order chi connectivity index (χ1) is 13.5. The third-order valence-corrected chi connectivity index (χ3v) is 4.72. The van der Waals surface area contributed by atoms with Crippen LogP contribution in [0.2, 0.25) is 0 Å². The van der Waals surface area contributed by atoms with Crippen LogP contribution in [-0.4, -0.2) is 39.2 Å². The molecule has 1 fully saturated rings. The number of carbonyl (C=O) groups is 2. The summed E-state index contributed by atoms with van der Waals surface area (Å²) in [7, 11) is 0. The van der Waals surface area contributed by atoms with Crippen LogP contribution in [0.4, 0.5) is 0 Å². The van der Waals surface area contributed by atoms with Gasteiger partial charge in [0.05, 0.1) is 29.4 Å². The van der Waals surface area contributed by atoms with Gasteiger partial charge in [0, 0.05) is 17.6 Å². The number of hydrogen-bond acceptors (Lipinski definition) is 4. The van der Waals surface area contributed by atoms with Gasteiger partial charge >= 0.3 is 0 Å². The quantitative estimate of drug-likeness (QED) is 0.691. The predicted molar refractivity (Wildman–Crippen MR) is 107 cm³/mol. The van der Waals surface area contributed by atoms with Gasteiger partial charge in [0.1, 0.15) is 0 Å². The van der Waals surface area contributed by atoms with E-state index in [1.54, 1.807) is 16.9 Å². The molecule has 7 heteroatoms. The largest absolute Gasteiger partial charge is 0.352 e. The molecule has 0 radical (unpaired) electrons. The minimum absolute atomic E-state index is 0.0435. The Balaban J connectivity index is 1.69. The minimum atomic E-state index is -0.307. The van der Waals surface area contributed by atoms with Crippen molar-refractivity contribution < 1.29 is 9.59 Å². The Bertz CT molecular complexity index is 1020. The van der Waals surface area contributed by atoms with Gasteiger partial charge in [-0.15, -0.1) is 0 Å². The first-order valence-corrected chi connectivity index (χ1v) is 9.54. The smallest absolute Gasteiger partial charge is 0.252 e. The first kappa shape index (κ1) is 18.2. The molecular formula is C21H23N5O2. The molecule has 1 saturated carbocycles. The van der Waals surface area contributed by atoms with Gasteiger partial charge in [0.2, 0.25) is 5.91 Å². The minimum Gasteiger partial charge on any atom is -0.352 e. The van der Waals surface area contributed by atoms with Crippen LogP contribution in [0.3, 0.4) is 0 Å². The summed E-state index contributed by atoms with van der Waals surface area (Å²) in [5, 5.41) is 10.7. The van der Waals surface area contributed by atoms with Gasteiger partial charge in [-0.25, -0.2) is 9.67 Å². The maximum atomic E-state index is 12.9. The summed E-state index contributed by atoms with van der Waals surface area (Å²) in [6.45, 7) is 3.99. The molecule has 0 spiro atoms. The van der Waals surface area contributed by atoms with Crippen molar-refractivity contribution in [3.05, 3.63) is 48.2 Å². The van der Waals surface area contributed by atoms with E-state index in [2.05, 4.69) is 15.7 Å². The van der Waals surface area contributed by atoms with Gasteiger partial charge < -0.3 is 10.6 Å². The van der Waals surface area contributed by atoms with Crippen molar-refractivity contribution in [1.82, 2.24) is 25.4 Å². The van der Waals surface area contributed by atoms with E-state index in [1.807, 2.05) is 44.2 Å². The third kappa shape index (κ3) is 3.74. The van der Waals surface area contributed by atoms with E-state index >= 15 is 0 Å². The predicted octanol–water partition coefficient (Wildman–Crippen LogP) is 2.69. The number of nitrogens with zero attached hydrogens (tertiary/aromatic N) is 3. The number of benzene rings is 1. The molecule has 1 aliphatic rings. The summed E-state index contributed by atoms with van der Waals surface area (Å²) in [6, 6.07) is 11.8. The maximum absolute atomic E-state index is 12.9. The Morgan fingerprint density at radius 1 is 1.21 bits per heavy atom. The molecule has 0 aliphatic heterocycles. The molecule has 0 bridgehead atoms. The van der Waals surface area contributed by atoms with Crippen LogP contribution in [0.25, 0.3) is 22.3 Å². The van der Waals surface area contributed by atoms with E-state index in [-0.39, 0.29) is 30.4 Å². The molecule has 0 atom stereocenters. The molecule has 28 heavy (non-hydrogen) atoms. The number of nitrogens with one attached hydrogen (secondary N) is 2. The zero-order valence-corrected chi connectivity index (χ0v) is 16.0. The highest BCUT2D eigenvalue weighted by molar-refractivity contribution is 6.07. The molecule has 2 amide bonds. The lowest BCUT2D eigenvalue weighted by molar-refractivity contribution is -0.120. The molecule has 2 aromatic heterocycles. The second-order valence-corrected chi connectivity index (χ2v) is 7.37. The molecule has 3 aromatic rings. The number of rotatable bonds is 6. The molecule has 2 heterocycles. The normalized spacial score (nSPS) is 13.7. The van der Waals surface area contributed by atoms with Crippen molar-refractivity contribution in [3.8, 4) is 11.3 Å². The van der Waals surface area contributed by atoms with Crippen LogP contribution < -0.4 is 10.6 Å². The molecule has 0 saturated heterocycles. The zero-order valence-electron chi connectivity index (χ0n) is 16.0. The number of fused-ring (bicyclic) bond motifs is 1. The highest BCUT2D eigenvalue weighted by Crippen LogP contribution is 2.26. The average molecular weight is 377 g/mol. The maximum Gasteiger partial charge on any atom is 0.252 e. The molecule has 7 nitrogen and oxygen atoms in total. The highest BCUT2D eigenvalue weighted by atomic mass is 16.2. The van der Waals surface area contributed by atoms with E-state index in [0.717, 1.165) is 18.4 Å². The van der Waals surface area contributed by atoms with E-state index in [1.165, 1.54) is 0 Å². The molecule has 2 N–H and O–H groups in total. The van der Waals surface area contributed by atoms with Crippen molar-refractivity contribution in [2.24, 2.45) is 0 Å². The van der Waals surface area contributed by atoms with E-state index in [0.29, 0.717) is 22.3 Å². The Labute approximate surface area is 163 Å². The van der Waals surface area contributed by atoms with Gasteiger partial charge in [0.15, 0.2) is 5.65 Å². The first-order valence-electron chi connectivity index (χ1n) is 9.54. The Morgan fingerprint density at radius 3 is 2.64 bits per heavy atom. The van der Waals surface area contributed by atoms with Crippen molar-refractivity contribution in [2.75, 3.05) is 6.54 Å². The summed E-state index contributed by atoms with van der Waals surface area (Å²) >= 11 is 0. The third-order valence-electron chi connectivity index (χ3n) is 4.72. The summed E-state index contributed by atoms with van der Waals surface area (Å²) in [6.07, 6.45) is 3.69. The molecule has 4 rings (SSSR count). The second kappa shape index (κ2) is 7.42. The number of aromatic nitrogens is 3. The average Bonchev–Trinajstić information content (AvgIpc) is 3.40. The molecule has 0 unspecified atom stereocenters. The SMILES string of the molecule is CC(C)n1ncc2c(C(=O)NCC(=O)NC3CC3)cc(-c3ccccc3)nc21. The monoisotopic (exact) mass is 377 g/mol. The number of carbonyl (C=O) groups excluding carboxylic acids is 2. The second-order valence-electron chi connectivity index (χ2n) is 7.37. The van der Waals surface area contributed by atoms with Crippen LogP contribution in [0.1, 0.15) is 43.1 Å². The van der Waals surface area contributed by atoms with Gasteiger partial charge in [-0.1, -0.05) is 30.3 Å². The lowest BCUT2D eigenvalue weighted by Gasteiger charge is -2.11. The van der Waals surface area contributed by atoms with Crippen LogP contribution >= 0.6 is 0 Å². The molecule has 1 aromatic carbocycles. The topological polar surface area (TPSA) is 88.9 Å². The van der Waals surface area contributed by atoms with Crippen LogP contribution in [0, 0.1) is 0 Å². The van der Waals surface area contributed by atoms with Crippen molar-refractivity contribution in [2.45, 2.75) is 38.8 Å². The zero-order chi connectivity index (χ0) is 19.7. The summed E-state index contributed by atoms with van der Waals surface area (Å²) < 4.78 is 1.80. The fourth-order valence-corrected chi connectivity index (χ4v) is 3.10. The van der Waals surface area contributed by atoms with Gasteiger partial charge in [-0.3, -0.25) is 9.59 Å². The van der Waals surface area contributed by atoms with E-state index < -0.39 is 0 Å². The molecule has 144 valence electrons. The van der Waals surface area contributed by atoms with Crippen LogP contribution in [0.5, 0.6) is 0 Å². The summed E-state index contributed by atoms with van der Waals surface area (Å²) in [5.41, 5.74) is 2.74. The summed E-state index contributed by atoms with van der Waals surface area (Å²) in [4.78, 5) is 29.5. The van der Waals surface area contributed by atoms with Crippen LogP contribution in [0.15, 0.2) is 42.6 Å². The lowest BCUT2D eigenvalue weighted by Crippen LogP contribution is -2.37. The van der Waals surface area contributed by atoms with Crippen molar-refractivity contribution >= 4 is 22.8 Å². The Hall–Kier alpha value is -3.22. The van der Waals surface area contributed by atoms with E-state index in [9.17, 15) is 9.59 Å². The van der Waals surface area contributed by atoms with Gasteiger partial charge in [0.25, 0.3) is 5.91 Å². The molecule has 1 aliphatic carbocycles. The van der Waals surface area contributed by atoms with Gasteiger partial charge in [-0.2, -0.15) is 5.10 Å². The highest BCUT2D eigenvalue weighted by Gasteiger charge is 2.24. The fourth-order valence-electron chi connectivity index (χ4n) is 3.10. The number of pyridine rings is 1. The standard InChI is InChI=1S/C21H23N5O2/c1-13(2)26-20-17(11-23-26)16(10-18(25-20)14-6-4-3-5-7-14)21(28)22-12-19(27)24-15-8-9-15/h3-7,10-11,13,15H,8-9,12H2,1-2H3,(H,22,28)(H,24,27). The summed E-state index contributed by atoms with van der Waals surface area (Å²) in [5.74, 6) is -0.471. The Morgan fingerprint density at radius 2 is 1.96 bits per heavy atom. The van der Waals surface area contributed by atoms with Gasteiger partial charge in [-0.05, 0) is 32.8 Å². The Kier molecular flexibility index (Phi) is 4.81. The van der Waals surface area contributed by atoms with Crippen molar-refractivity contribution in [3.63, 3.8) is 0 Å². The van der Waals surface area contributed by atoms with Crippen LogP contribution in [-0.2, 0) is 4.79 Å².